The Morgan fingerprint density at radius 3 is 2.72 bits per heavy atom. The minimum Gasteiger partial charge on any atom is -0.459 e. The smallest absolute Gasteiger partial charge is 0.289 e. The van der Waals surface area contributed by atoms with Gasteiger partial charge in [-0.15, -0.1) is 10.2 Å². The van der Waals surface area contributed by atoms with Crippen LogP contribution in [0.1, 0.15) is 23.3 Å². The van der Waals surface area contributed by atoms with Gasteiger partial charge in [-0.25, -0.2) is 0 Å². The third kappa shape index (κ3) is 3.81. The number of piperazine rings is 1. The first-order chi connectivity index (χ1) is 12.2. The monoisotopic (exact) mass is 345 g/mol. The number of furan rings is 1. The summed E-state index contributed by atoms with van der Waals surface area (Å²) in [6, 6.07) is 3.42. The number of aryl methyl sites for hydroxylation is 1. The van der Waals surface area contributed by atoms with Crippen LogP contribution in [0.3, 0.4) is 0 Å². The number of aromatic nitrogens is 3. The maximum absolute atomic E-state index is 12.3. The molecule has 0 spiro atoms. The standard InChI is InChI=1S/C16H23N7O2/c1-3-21-12-19-20-14(21)11-18-16(17-2)23-8-6-22(7-9-23)15(24)13-5-4-10-25-13/h4-5,10,12H,3,6-9,11H2,1-2H3,(H,17,18). The number of hydrogen-bond donors (Lipinski definition) is 1. The Morgan fingerprint density at radius 1 is 1.32 bits per heavy atom. The molecule has 3 rings (SSSR count). The third-order valence-corrected chi connectivity index (χ3v) is 4.25. The molecule has 1 aliphatic heterocycles. The first-order valence-electron chi connectivity index (χ1n) is 8.38. The lowest BCUT2D eigenvalue weighted by molar-refractivity contribution is 0.0657. The molecule has 1 aliphatic rings. The molecule has 0 aliphatic carbocycles. The predicted molar refractivity (Wildman–Crippen MR) is 92.1 cm³/mol. The van der Waals surface area contributed by atoms with E-state index in [0.29, 0.717) is 38.5 Å². The van der Waals surface area contributed by atoms with E-state index < -0.39 is 0 Å². The van der Waals surface area contributed by atoms with E-state index in [4.69, 9.17) is 4.42 Å². The molecule has 1 saturated heterocycles. The number of rotatable bonds is 4. The Labute approximate surface area is 146 Å². The summed E-state index contributed by atoms with van der Waals surface area (Å²) in [6.45, 7) is 6.13. The molecule has 9 nitrogen and oxygen atoms in total. The van der Waals surface area contributed by atoms with Gasteiger partial charge in [-0.3, -0.25) is 9.79 Å². The van der Waals surface area contributed by atoms with Crippen molar-refractivity contribution in [2.24, 2.45) is 4.99 Å². The molecule has 134 valence electrons. The third-order valence-electron chi connectivity index (χ3n) is 4.25. The highest BCUT2D eigenvalue weighted by atomic mass is 16.3. The summed E-state index contributed by atoms with van der Waals surface area (Å²) in [4.78, 5) is 20.6. The summed E-state index contributed by atoms with van der Waals surface area (Å²) in [5, 5.41) is 11.4. The highest BCUT2D eigenvalue weighted by Crippen LogP contribution is 2.09. The molecule has 1 fully saturated rings. The Hall–Kier alpha value is -2.84. The molecular formula is C16H23N7O2. The number of amides is 1. The molecule has 0 saturated carbocycles. The van der Waals surface area contributed by atoms with E-state index in [0.717, 1.165) is 18.3 Å². The number of carbonyl (C=O) groups is 1. The summed E-state index contributed by atoms with van der Waals surface area (Å²) in [5.74, 6) is 1.99. The molecule has 1 N–H and O–H groups in total. The van der Waals surface area contributed by atoms with Crippen LogP contribution in [0.25, 0.3) is 0 Å². The lowest BCUT2D eigenvalue weighted by Gasteiger charge is -2.36. The first kappa shape index (κ1) is 17.0. The highest BCUT2D eigenvalue weighted by Gasteiger charge is 2.25. The van der Waals surface area contributed by atoms with Crippen LogP contribution < -0.4 is 5.32 Å². The van der Waals surface area contributed by atoms with Crippen molar-refractivity contribution in [1.82, 2.24) is 29.9 Å². The van der Waals surface area contributed by atoms with E-state index in [2.05, 4.69) is 32.3 Å². The molecule has 2 aromatic rings. The van der Waals surface area contributed by atoms with Crippen molar-refractivity contribution in [3.63, 3.8) is 0 Å². The second kappa shape index (κ2) is 7.82. The second-order valence-electron chi connectivity index (χ2n) is 5.69. The average molecular weight is 345 g/mol. The van der Waals surface area contributed by atoms with Gasteiger partial charge in [0.25, 0.3) is 5.91 Å². The predicted octanol–water partition coefficient (Wildman–Crippen LogP) is 0.424. The molecule has 0 aromatic carbocycles. The maximum atomic E-state index is 12.3. The Morgan fingerprint density at radius 2 is 2.08 bits per heavy atom. The minimum absolute atomic E-state index is 0.0661. The summed E-state index contributed by atoms with van der Waals surface area (Å²) >= 11 is 0. The molecule has 0 unspecified atom stereocenters. The van der Waals surface area contributed by atoms with Crippen molar-refractivity contribution < 1.29 is 9.21 Å². The Kier molecular flexibility index (Phi) is 5.32. The normalized spacial score (nSPS) is 15.5. The van der Waals surface area contributed by atoms with Gasteiger partial charge in [-0.05, 0) is 19.1 Å². The van der Waals surface area contributed by atoms with Crippen LogP contribution in [-0.2, 0) is 13.1 Å². The van der Waals surface area contributed by atoms with Gasteiger partial charge in [0.15, 0.2) is 17.5 Å². The van der Waals surface area contributed by atoms with Crippen LogP contribution in [0, 0.1) is 0 Å². The van der Waals surface area contributed by atoms with Gasteiger partial charge in [0.2, 0.25) is 0 Å². The molecule has 9 heteroatoms. The van der Waals surface area contributed by atoms with Gasteiger partial charge in [-0.1, -0.05) is 0 Å². The topological polar surface area (TPSA) is 91.8 Å². The van der Waals surface area contributed by atoms with E-state index in [1.165, 1.54) is 6.26 Å². The Bertz CT molecular complexity index is 715. The molecular weight excluding hydrogens is 322 g/mol. The van der Waals surface area contributed by atoms with Gasteiger partial charge in [0.1, 0.15) is 6.33 Å². The zero-order valence-electron chi connectivity index (χ0n) is 14.6. The van der Waals surface area contributed by atoms with Crippen LogP contribution in [0.5, 0.6) is 0 Å². The van der Waals surface area contributed by atoms with Crippen molar-refractivity contribution in [1.29, 1.82) is 0 Å². The van der Waals surface area contributed by atoms with Crippen molar-refractivity contribution >= 4 is 11.9 Å². The van der Waals surface area contributed by atoms with Crippen LogP contribution in [0.15, 0.2) is 34.1 Å². The van der Waals surface area contributed by atoms with Crippen LogP contribution in [0.4, 0.5) is 0 Å². The minimum atomic E-state index is -0.0661. The first-order valence-corrected chi connectivity index (χ1v) is 8.38. The lowest BCUT2D eigenvalue weighted by Crippen LogP contribution is -2.53. The van der Waals surface area contributed by atoms with Crippen molar-refractivity contribution in [3.8, 4) is 0 Å². The number of hydrogen-bond acceptors (Lipinski definition) is 5. The fraction of sp³-hybridized carbons (Fsp3) is 0.500. The SMILES string of the molecule is CCn1cnnc1CNC(=NC)N1CCN(C(=O)c2ccco2)CC1. The van der Waals surface area contributed by atoms with Crippen LogP contribution in [-0.4, -0.2) is 69.7 Å². The molecule has 0 radical (unpaired) electrons. The number of aliphatic imine (C=N–C) groups is 1. The van der Waals surface area contributed by atoms with Gasteiger partial charge < -0.3 is 24.1 Å². The van der Waals surface area contributed by atoms with E-state index in [9.17, 15) is 4.79 Å². The maximum Gasteiger partial charge on any atom is 0.289 e. The van der Waals surface area contributed by atoms with Crippen molar-refractivity contribution in [2.75, 3.05) is 33.2 Å². The number of nitrogens with one attached hydrogen (secondary N) is 1. The van der Waals surface area contributed by atoms with E-state index in [-0.39, 0.29) is 5.91 Å². The van der Waals surface area contributed by atoms with E-state index >= 15 is 0 Å². The summed E-state index contributed by atoms with van der Waals surface area (Å²) in [7, 11) is 1.76. The van der Waals surface area contributed by atoms with Crippen LogP contribution >= 0.6 is 0 Å². The molecule has 2 aromatic heterocycles. The highest BCUT2D eigenvalue weighted by molar-refractivity contribution is 5.91. The fourth-order valence-corrected chi connectivity index (χ4v) is 2.85. The quantitative estimate of drug-likeness (QED) is 0.638. The van der Waals surface area contributed by atoms with Crippen LogP contribution in [0.2, 0.25) is 0 Å². The molecule has 25 heavy (non-hydrogen) atoms. The van der Waals surface area contributed by atoms with Gasteiger partial charge >= 0.3 is 0 Å². The number of guanidine groups is 1. The summed E-state index contributed by atoms with van der Waals surface area (Å²) in [6.07, 6.45) is 3.24. The zero-order valence-corrected chi connectivity index (χ0v) is 14.6. The van der Waals surface area contributed by atoms with Gasteiger partial charge in [0.05, 0.1) is 12.8 Å². The second-order valence-corrected chi connectivity index (χ2v) is 5.69. The van der Waals surface area contributed by atoms with Crippen molar-refractivity contribution in [3.05, 3.63) is 36.3 Å². The molecule has 1 amide bonds. The van der Waals surface area contributed by atoms with E-state index in [1.54, 1.807) is 30.4 Å². The largest absolute Gasteiger partial charge is 0.459 e. The molecule has 3 heterocycles. The van der Waals surface area contributed by atoms with E-state index in [1.807, 2.05) is 4.57 Å². The number of nitrogens with zero attached hydrogens (tertiary/aromatic N) is 6. The zero-order chi connectivity index (χ0) is 17.6. The van der Waals surface area contributed by atoms with Gasteiger partial charge in [-0.2, -0.15) is 0 Å². The fourth-order valence-electron chi connectivity index (χ4n) is 2.85. The Balaban J connectivity index is 1.53. The number of carbonyl (C=O) groups excluding carboxylic acids is 1. The molecule has 0 bridgehead atoms. The molecule has 0 atom stereocenters. The van der Waals surface area contributed by atoms with Crippen molar-refractivity contribution in [2.45, 2.75) is 20.0 Å². The summed E-state index contributed by atoms with van der Waals surface area (Å²) in [5.41, 5.74) is 0. The van der Waals surface area contributed by atoms with Gasteiger partial charge in [0, 0.05) is 39.8 Å². The lowest BCUT2D eigenvalue weighted by atomic mass is 10.3. The summed E-state index contributed by atoms with van der Waals surface area (Å²) < 4.78 is 7.18. The average Bonchev–Trinajstić information content (AvgIpc) is 3.34.